The summed E-state index contributed by atoms with van der Waals surface area (Å²) in [5, 5.41) is 3.92. The van der Waals surface area contributed by atoms with E-state index in [4.69, 9.17) is 24.5 Å². The van der Waals surface area contributed by atoms with Crippen molar-refractivity contribution >= 4 is 34.2 Å². The second-order valence-corrected chi connectivity index (χ2v) is 6.65. The number of carbonyl (C=O) groups is 3. The number of methoxy groups -OCH3 is 2. The summed E-state index contributed by atoms with van der Waals surface area (Å²) in [4.78, 5) is 36.1. The van der Waals surface area contributed by atoms with Gasteiger partial charge in [0.05, 0.1) is 19.9 Å². The van der Waals surface area contributed by atoms with Crippen molar-refractivity contribution in [1.82, 2.24) is 5.16 Å². The summed E-state index contributed by atoms with van der Waals surface area (Å²) in [7, 11) is 2.39. The zero-order valence-electron chi connectivity index (χ0n) is 15.4. The fourth-order valence-electron chi connectivity index (χ4n) is 2.52. The molecule has 2 aromatic heterocycles. The molecule has 10 heteroatoms. The molecule has 0 saturated carbocycles. The second-order valence-electron chi connectivity index (χ2n) is 5.60. The Morgan fingerprint density at radius 2 is 1.78 bits per heavy atom. The third-order valence-corrected chi connectivity index (χ3v) is 4.97. The van der Waals surface area contributed by atoms with Crippen molar-refractivity contribution in [3.05, 3.63) is 33.0 Å². The summed E-state index contributed by atoms with van der Waals surface area (Å²) in [6.45, 7) is 3.25. The number of anilines is 1. The topological polar surface area (TPSA) is 131 Å². The molecule has 146 valence electrons. The van der Waals surface area contributed by atoms with Gasteiger partial charge >= 0.3 is 17.9 Å². The van der Waals surface area contributed by atoms with Gasteiger partial charge in [-0.15, -0.1) is 11.3 Å². The summed E-state index contributed by atoms with van der Waals surface area (Å²) < 4.78 is 19.7. The Balaban J connectivity index is 2.12. The summed E-state index contributed by atoms with van der Waals surface area (Å²) in [5.41, 5.74) is 7.55. The van der Waals surface area contributed by atoms with E-state index in [-0.39, 0.29) is 34.0 Å². The van der Waals surface area contributed by atoms with Crippen LogP contribution in [0.5, 0.6) is 0 Å². The van der Waals surface area contributed by atoms with E-state index in [0.29, 0.717) is 17.9 Å². The molecule has 0 aromatic carbocycles. The zero-order chi connectivity index (χ0) is 20.1. The van der Waals surface area contributed by atoms with Crippen LogP contribution < -0.4 is 5.73 Å². The predicted molar refractivity (Wildman–Crippen MR) is 95.5 cm³/mol. The van der Waals surface area contributed by atoms with E-state index in [2.05, 4.69) is 5.16 Å². The Morgan fingerprint density at radius 1 is 1.11 bits per heavy atom. The van der Waals surface area contributed by atoms with Crippen LogP contribution in [0.2, 0.25) is 0 Å². The molecule has 2 aromatic rings. The van der Waals surface area contributed by atoms with Crippen LogP contribution in [0.15, 0.2) is 4.52 Å². The highest BCUT2D eigenvalue weighted by atomic mass is 32.1. The minimum absolute atomic E-state index is 0.00132. The van der Waals surface area contributed by atoms with Crippen molar-refractivity contribution in [1.29, 1.82) is 0 Å². The lowest BCUT2D eigenvalue weighted by Crippen LogP contribution is -2.13. The number of esters is 3. The van der Waals surface area contributed by atoms with Gasteiger partial charge in [0.1, 0.15) is 27.8 Å². The molecule has 2 heterocycles. The highest BCUT2D eigenvalue weighted by Crippen LogP contribution is 2.33. The van der Waals surface area contributed by atoms with Crippen molar-refractivity contribution in [3.8, 4) is 0 Å². The molecule has 0 spiro atoms. The largest absolute Gasteiger partial charge is 0.465 e. The van der Waals surface area contributed by atoms with Crippen LogP contribution >= 0.6 is 11.3 Å². The van der Waals surface area contributed by atoms with Gasteiger partial charge in [-0.05, 0) is 20.3 Å². The summed E-state index contributed by atoms with van der Waals surface area (Å²) in [5.74, 6) is -1.26. The van der Waals surface area contributed by atoms with Gasteiger partial charge in [-0.25, -0.2) is 9.59 Å². The zero-order valence-corrected chi connectivity index (χ0v) is 16.2. The molecule has 0 atom stereocenters. The fourth-order valence-corrected chi connectivity index (χ4v) is 3.50. The Labute approximate surface area is 159 Å². The Kier molecular flexibility index (Phi) is 6.56. The van der Waals surface area contributed by atoms with Crippen LogP contribution in [-0.2, 0) is 32.0 Å². The van der Waals surface area contributed by atoms with E-state index in [1.807, 2.05) is 0 Å². The van der Waals surface area contributed by atoms with E-state index in [0.717, 1.165) is 16.9 Å². The van der Waals surface area contributed by atoms with Crippen LogP contribution in [0, 0.1) is 13.8 Å². The number of nitrogens with two attached hydrogens (primary N) is 1. The van der Waals surface area contributed by atoms with Crippen LogP contribution in [0.1, 0.15) is 49.0 Å². The van der Waals surface area contributed by atoms with Gasteiger partial charge in [0.25, 0.3) is 0 Å². The number of rotatable bonds is 7. The Hall–Kier alpha value is -2.88. The number of thiophene rings is 1. The van der Waals surface area contributed by atoms with Gasteiger partial charge in [-0.1, -0.05) is 5.16 Å². The molecule has 0 saturated heterocycles. The first-order valence-electron chi connectivity index (χ1n) is 7.95. The van der Waals surface area contributed by atoms with E-state index in [1.54, 1.807) is 13.8 Å². The minimum atomic E-state index is -0.722. The lowest BCUT2D eigenvalue weighted by atomic mass is 10.1. The molecule has 9 nitrogen and oxygen atoms in total. The highest BCUT2D eigenvalue weighted by molar-refractivity contribution is 7.18. The van der Waals surface area contributed by atoms with Crippen LogP contribution in [0.25, 0.3) is 0 Å². The van der Waals surface area contributed by atoms with E-state index < -0.39 is 17.9 Å². The molecule has 0 fully saturated rings. The molecule has 0 aliphatic carbocycles. The van der Waals surface area contributed by atoms with Crippen LogP contribution in [0.4, 0.5) is 5.00 Å². The number of carbonyl (C=O) groups excluding carboxylic acids is 3. The smallest absolute Gasteiger partial charge is 0.348 e. The fraction of sp³-hybridized carbons (Fsp3) is 0.412. The lowest BCUT2D eigenvalue weighted by Gasteiger charge is -2.08. The van der Waals surface area contributed by atoms with Crippen molar-refractivity contribution < 1.29 is 33.1 Å². The first-order chi connectivity index (χ1) is 12.8. The Morgan fingerprint density at radius 3 is 2.33 bits per heavy atom. The predicted octanol–water partition coefficient (Wildman–Crippen LogP) is 2.18. The molecule has 0 aliphatic heterocycles. The van der Waals surface area contributed by atoms with Crippen LogP contribution in [-0.4, -0.2) is 37.3 Å². The Bertz CT molecular complexity index is 850. The average molecular weight is 396 g/mol. The molecule has 0 radical (unpaired) electrons. The first-order valence-corrected chi connectivity index (χ1v) is 8.76. The minimum Gasteiger partial charge on any atom is -0.465 e. The normalized spacial score (nSPS) is 10.5. The summed E-state index contributed by atoms with van der Waals surface area (Å²) in [6.07, 6.45) is 0.489. The number of aryl methyl sites for hydroxylation is 2. The van der Waals surface area contributed by atoms with Crippen molar-refractivity contribution in [3.63, 3.8) is 0 Å². The van der Waals surface area contributed by atoms with Gasteiger partial charge in [-0.2, -0.15) is 0 Å². The molecule has 0 unspecified atom stereocenters. The van der Waals surface area contributed by atoms with Crippen molar-refractivity contribution in [2.24, 2.45) is 0 Å². The monoisotopic (exact) mass is 396 g/mol. The second kappa shape index (κ2) is 8.67. The van der Waals surface area contributed by atoms with E-state index in [1.165, 1.54) is 14.2 Å². The third-order valence-electron chi connectivity index (χ3n) is 3.93. The molecule has 0 amide bonds. The van der Waals surface area contributed by atoms with Gasteiger partial charge < -0.3 is 24.5 Å². The lowest BCUT2D eigenvalue weighted by molar-refractivity contribution is -0.144. The maximum absolute atomic E-state index is 12.1. The van der Waals surface area contributed by atoms with Crippen molar-refractivity contribution in [2.45, 2.75) is 33.3 Å². The number of hydrogen-bond acceptors (Lipinski definition) is 10. The summed E-state index contributed by atoms with van der Waals surface area (Å²) >= 11 is 0.875. The van der Waals surface area contributed by atoms with Gasteiger partial charge in [0, 0.05) is 17.5 Å². The summed E-state index contributed by atoms with van der Waals surface area (Å²) in [6, 6.07) is 0. The molecule has 0 bridgehead atoms. The molecule has 2 N–H and O–H groups in total. The van der Waals surface area contributed by atoms with Gasteiger partial charge in [0.15, 0.2) is 0 Å². The van der Waals surface area contributed by atoms with Gasteiger partial charge in [-0.3, -0.25) is 4.79 Å². The van der Waals surface area contributed by atoms with E-state index >= 15 is 0 Å². The third kappa shape index (κ3) is 4.45. The average Bonchev–Trinajstić information content (AvgIpc) is 3.15. The number of hydrogen-bond donors (Lipinski definition) is 1. The van der Waals surface area contributed by atoms with Gasteiger partial charge in [0.2, 0.25) is 0 Å². The number of ether oxygens (including phenoxy) is 3. The molecule has 27 heavy (non-hydrogen) atoms. The number of nitrogens with zero attached hydrogens (tertiary/aromatic N) is 1. The molecular formula is C17H20N2O7S. The maximum Gasteiger partial charge on any atom is 0.348 e. The number of nitrogen functional groups attached to an aromatic ring is 1. The molecule has 0 aliphatic rings. The van der Waals surface area contributed by atoms with Crippen LogP contribution in [0.3, 0.4) is 0 Å². The van der Waals surface area contributed by atoms with E-state index in [9.17, 15) is 14.4 Å². The standard InChI is InChI=1S/C17H20N2O7S/c1-8-10(9(2)26-19-8)5-6-12(20)25-7-11-13(16(21)23-3)15(18)27-14(11)17(22)24-4/h5-7,18H2,1-4H3. The van der Waals surface area contributed by atoms with Crippen molar-refractivity contribution in [2.75, 3.05) is 20.0 Å². The quantitative estimate of drug-likeness (QED) is 0.552. The first kappa shape index (κ1) is 20.4. The number of aromatic nitrogens is 1. The molecular weight excluding hydrogens is 376 g/mol. The maximum atomic E-state index is 12.1. The molecule has 2 rings (SSSR count). The SMILES string of the molecule is COC(=O)c1sc(N)c(C(=O)OC)c1COC(=O)CCc1c(C)noc1C. The highest BCUT2D eigenvalue weighted by Gasteiger charge is 2.28.